The second-order valence-corrected chi connectivity index (χ2v) is 8.39. The molecule has 2 aliphatic rings. The van der Waals surface area contributed by atoms with Crippen LogP contribution in [0.1, 0.15) is 17.8 Å². The van der Waals surface area contributed by atoms with Crippen LogP contribution in [0.4, 0.5) is 5.69 Å². The van der Waals surface area contributed by atoms with Gasteiger partial charge in [-0.2, -0.15) is 5.10 Å². The number of aromatic amines is 1. The summed E-state index contributed by atoms with van der Waals surface area (Å²) in [5.41, 5.74) is 10.5. The number of H-pyrrole nitrogens is 1. The molecule has 0 radical (unpaired) electrons. The zero-order valence-corrected chi connectivity index (χ0v) is 17.2. The van der Waals surface area contributed by atoms with E-state index in [-0.39, 0.29) is 29.7 Å². The first kappa shape index (κ1) is 18.2. The molecule has 3 aromatic rings. The minimum absolute atomic E-state index is 0.0979. The van der Waals surface area contributed by atoms with E-state index < -0.39 is 0 Å². The van der Waals surface area contributed by atoms with Gasteiger partial charge in [0.1, 0.15) is 11.3 Å². The normalized spacial score (nSPS) is 25.2. The van der Waals surface area contributed by atoms with Crippen LogP contribution in [0.3, 0.4) is 0 Å². The van der Waals surface area contributed by atoms with Crippen LogP contribution in [0.5, 0.6) is 0 Å². The number of carbonyl (C=O) groups excluding carboxylic acids is 1. The molecular formula is C20H22ClN7O. The summed E-state index contributed by atoms with van der Waals surface area (Å²) in [6, 6.07) is -0.0979. The number of imidazole rings is 1. The fraction of sp³-hybridized carbons (Fsp3) is 0.400. The Morgan fingerprint density at radius 2 is 2.10 bits per heavy atom. The lowest BCUT2D eigenvalue weighted by molar-refractivity contribution is -0.122. The number of aryl methyl sites for hydroxylation is 2. The van der Waals surface area contributed by atoms with E-state index in [1.807, 2.05) is 25.6 Å². The maximum Gasteiger partial charge on any atom is 0.223 e. The van der Waals surface area contributed by atoms with Gasteiger partial charge in [-0.05, 0) is 32.1 Å². The molecule has 5 rings (SSSR count). The van der Waals surface area contributed by atoms with Crippen LogP contribution in [0.15, 0.2) is 18.3 Å². The van der Waals surface area contributed by atoms with Gasteiger partial charge in [0.25, 0.3) is 0 Å². The van der Waals surface area contributed by atoms with E-state index in [9.17, 15) is 4.79 Å². The third-order valence-corrected chi connectivity index (χ3v) is 6.60. The number of pyridine rings is 1. The average molecular weight is 412 g/mol. The van der Waals surface area contributed by atoms with Gasteiger partial charge >= 0.3 is 0 Å². The van der Waals surface area contributed by atoms with Crippen LogP contribution in [0, 0.1) is 31.6 Å². The molecule has 2 aliphatic carbocycles. The summed E-state index contributed by atoms with van der Waals surface area (Å²) in [6.45, 7) is 3.95. The van der Waals surface area contributed by atoms with Crippen molar-refractivity contribution in [1.82, 2.24) is 24.7 Å². The number of aromatic nitrogens is 5. The number of anilines is 1. The van der Waals surface area contributed by atoms with Gasteiger partial charge in [-0.1, -0.05) is 23.8 Å². The van der Waals surface area contributed by atoms with Gasteiger partial charge in [0.05, 0.1) is 34.1 Å². The predicted octanol–water partition coefficient (Wildman–Crippen LogP) is 2.72. The van der Waals surface area contributed by atoms with E-state index in [2.05, 4.69) is 37.5 Å². The Morgan fingerprint density at radius 3 is 2.79 bits per heavy atom. The maximum absolute atomic E-state index is 12.1. The second-order valence-electron chi connectivity index (χ2n) is 7.98. The number of nitrogens with two attached hydrogens (primary N) is 1. The minimum Gasteiger partial charge on any atom is -0.378 e. The van der Waals surface area contributed by atoms with E-state index in [4.69, 9.17) is 17.3 Å². The number of nitrogens with zero attached hydrogens (tertiary/aromatic N) is 4. The minimum atomic E-state index is -0.285. The Kier molecular flexibility index (Phi) is 3.96. The van der Waals surface area contributed by atoms with Crippen molar-refractivity contribution in [2.45, 2.75) is 26.3 Å². The Bertz CT molecular complexity index is 1180. The smallest absolute Gasteiger partial charge is 0.223 e. The number of hydrogen-bond acceptors (Lipinski definition) is 5. The predicted molar refractivity (Wildman–Crippen MR) is 111 cm³/mol. The molecule has 0 aromatic carbocycles. The molecule has 0 spiro atoms. The Labute approximate surface area is 172 Å². The van der Waals surface area contributed by atoms with Crippen molar-refractivity contribution < 1.29 is 4.79 Å². The largest absolute Gasteiger partial charge is 0.378 e. The molecule has 1 saturated carbocycles. The lowest BCUT2D eigenvalue weighted by Crippen LogP contribution is -2.41. The van der Waals surface area contributed by atoms with Gasteiger partial charge in [-0.3, -0.25) is 9.48 Å². The lowest BCUT2D eigenvalue weighted by Gasteiger charge is -2.28. The summed E-state index contributed by atoms with van der Waals surface area (Å²) < 4.78 is 1.83. The fourth-order valence-electron chi connectivity index (χ4n) is 4.88. The number of fused-ring (bicyclic) bond motifs is 3. The number of rotatable bonds is 4. The van der Waals surface area contributed by atoms with Gasteiger partial charge in [0, 0.05) is 18.8 Å². The van der Waals surface area contributed by atoms with Crippen LogP contribution in [-0.2, 0) is 11.8 Å². The summed E-state index contributed by atoms with van der Waals surface area (Å²) >= 11 is 6.51. The van der Waals surface area contributed by atoms with Gasteiger partial charge in [-0.15, -0.1) is 0 Å². The highest BCUT2D eigenvalue weighted by Gasteiger charge is 2.47. The topological polar surface area (TPSA) is 115 Å². The first-order valence-corrected chi connectivity index (χ1v) is 10.0. The molecule has 4 N–H and O–H groups in total. The molecule has 0 aliphatic heterocycles. The number of halogens is 1. The van der Waals surface area contributed by atoms with E-state index in [1.165, 1.54) is 0 Å². The molecule has 150 valence electrons. The molecule has 3 aromatic heterocycles. The third kappa shape index (κ3) is 2.66. The number of carbonyl (C=O) groups is 1. The number of nitrogens with one attached hydrogen (secondary N) is 2. The quantitative estimate of drug-likeness (QED) is 0.571. The molecular weight excluding hydrogens is 390 g/mol. The highest BCUT2D eigenvalue weighted by atomic mass is 35.5. The molecule has 9 heteroatoms. The van der Waals surface area contributed by atoms with Crippen LogP contribution in [0.25, 0.3) is 22.6 Å². The number of primary amides is 1. The van der Waals surface area contributed by atoms with Crippen LogP contribution in [0.2, 0.25) is 5.02 Å². The molecule has 29 heavy (non-hydrogen) atoms. The van der Waals surface area contributed by atoms with Crippen molar-refractivity contribution in [1.29, 1.82) is 0 Å². The molecule has 0 saturated heterocycles. The molecule has 8 nitrogen and oxygen atoms in total. The summed E-state index contributed by atoms with van der Waals surface area (Å²) in [4.78, 5) is 24.5. The fourth-order valence-corrected chi connectivity index (χ4v) is 5.08. The Hall–Kier alpha value is -2.87. The van der Waals surface area contributed by atoms with Gasteiger partial charge < -0.3 is 16.0 Å². The molecule has 4 unspecified atom stereocenters. The van der Waals surface area contributed by atoms with Crippen molar-refractivity contribution in [3.63, 3.8) is 0 Å². The summed E-state index contributed by atoms with van der Waals surface area (Å²) in [6.07, 6.45) is 6.78. The third-order valence-electron chi connectivity index (χ3n) is 6.32. The molecule has 1 fully saturated rings. The summed E-state index contributed by atoms with van der Waals surface area (Å²) in [5, 5.41) is 8.44. The summed E-state index contributed by atoms with van der Waals surface area (Å²) in [7, 11) is 1.91. The Balaban J connectivity index is 1.59. The van der Waals surface area contributed by atoms with E-state index >= 15 is 0 Å². The zero-order chi connectivity index (χ0) is 20.4. The second kappa shape index (κ2) is 6.32. The summed E-state index contributed by atoms with van der Waals surface area (Å²) in [5.74, 6) is 0.591. The average Bonchev–Trinajstić information content (AvgIpc) is 3.41. The molecule has 4 atom stereocenters. The maximum atomic E-state index is 12.1. The molecule has 2 bridgehead atoms. The van der Waals surface area contributed by atoms with Crippen molar-refractivity contribution in [2.75, 3.05) is 5.32 Å². The van der Waals surface area contributed by atoms with E-state index in [1.54, 1.807) is 6.20 Å². The zero-order valence-electron chi connectivity index (χ0n) is 16.4. The SMILES string of the molecule is Cc1nn(C)c(C)c1-c1nc2ncc(Cl)c(NC3C4C=CC(C4)C3C(N)=O)c2[nH]1. The first-order valence-electron chi connectivity index (χ1n) is 9.64. The van der Waals surface area contributed by atoms with Gasteiger partial charge in [-0.25, -0.2) is 9.97 Å². The highest BCUT2D eigenvalue weighted by molar-refractivity contribution is 6.34. The number of hydrogen-bond donors (Lipinski definition) is 3. The van der Waals surface area contributed by atoms with Crippen molar-refractivity contribution in [3.05, 3.63) is 34.8 Å². The van der Waals surface area contributed by atoms with Crippen LogP contribution >= 0.6 is 11.6 Å². The van der Waals surface area contributed by atoms with Crippen molar-refractivity contribution >= 4 is 34.4 Å². The van der Waals surface area contributed by atoms with Gasteiger partial charge in [0.2, 0.25) is 5.91 Å². The van der Waals surface area contributed by atoms with E-state index in [0.717, 1.165) is 23.4 Å². The molecule has 1 amide bonds. The highest BCUT2D eigenvalue weighted by Crippen LogP contribution is 2.46. The monoisotopic (exact) mass is 411 g/mol. The van der Waals surface area contributed by atoms with Crippen molar-refractivity contribution in [2.24, 2.45) is 30.5 Å². The lowest BCUT2D eigenvalue weighted by atomic mass is 9.88. The Morgan fingerprint density at radius 1 is 1.34 bits per heavy atom. The number of amides is 1. The van der Waals surface area contributed by atoms with Crippen LogP contribution in [-0.4, -0.2) is 36.7 Å². The van der Waals surface area contributed by atoms with Crippen molar-refractivity contribution in [3.8, 4) is 11.4 Å². The first-order chi connectivity index (χ1) is 13.8. The van der Waals surface area contributed by atoms with Gasteiger partial charge in [0.15, 0.2) is 5.65 Å². The van der Waals surface area contributed by atoms with Crippen LogP contribution < -0.4 is 11.1 Å². The number of allylic oxidation sites excluding steroid dienone is 1. The standard InChI is InChI=1S/C20H22ClN7O/c1-8-13(9(2)28(3)27-8)19-25-17-16(12(21)7-23-20(17)26-19)24-15-11-5-4-10(6-11)14(15)18(22)29/h4-5,7,10-11,14-15H,6H2,1-3H3,(H2,22,29)(H2,23,24,25,26). The van der Waals surface area contributed by atoms with E-state index in [0.29, 0.717) is 27.7 Å². The molecule has 3 heterocycles.